The van der Waals surface area contributed by atoms with Crippen LogP contribution in [-0.2, 0) is 6.42 Å². The summed E-state index contributed by atoms with van der Waals surface area (Å²) in [7, 11) is 0. The Morgan fingerprint density at radius 2 is 1.88 bits per heavy atom. The molecule has 0 N–H and O–H groups in total. The van der Waals surface area contributed by atoms with Crippen LogP contribution >= 0.6 is 0 Å². The van der Waals surface area contributed by atoms with Gasteiger partial charge in [0.05, 0.1) is 5.69 Å². The molecule has 5 atom stereocenters. The summed E-state index contributed by atoms with van der Waals surface area (Å²) in [6, 6.07) is 17.2. The Balaban J connectivity index is 1.31. The predicted molar refractivity (Wildman–Crippen MR) is 137 cm³/mol. The van der Waals surface area contributed by atoms with Crippen LogP contribution in [0.2, 0.25) is 0 Å². The highest BCUT2D eigenvalue weighted by Crippen LogP contribution is 2.45. The summed E-state index contributed by atoms with van der Waals surface area (Å²) < 4.78 is 8.50. The van der Waals surface area contributed by atoms with Gasteiger partial charge in [-0.1, -0.05) is 76.6 Å². The lowest BCUT2D eigenvalue weighted by Gasteiger charge is -2.29. The third kappa shape index (κ3) is 5.21. The fourth-order valence-corrected chi connectivity index (χ4v) is 6.53. The molecule has 5 unspecified atom stereocenters. The molecule has 180 valence electrons. The Hall–Kier alpha value is -2.62. The molecule has 34 heavy (non-hydrogen) atoms. The molecule has 1 heterocycles. The Labute approximate surface area is 204 Å². The number of ether oxygens (including phenoxy) is 1. The van der Waals surface area contributed by atoms with Crippen LogP contribution in [0.15, 0.2) is 61.2 Å². The van der Waals surface area contributed by atoms with E-state index in [1.54, 1.807) is 17.3 Å². The van der Waals surface area contributed by atoms with Crippen molar-refractivity contribution in [2.45, 2.75) is 77.7 Å². The smallest absolute Gasteiger partial charge is 0.138 e. The van der Waals surface area contributed by atoms with Gasteiger partial charge in [0.15, 0.2) is 0 Å². The lowest BCUT2D eigenvalue weighted by atomic mass is 9.78. The van der Waals surface area contributed by atoms with Crippen LogP contribution in [0.5, 0.6) is 5.75 Å². The molecular formula is C30H39N3O. The van der Waals surface area contributed by atoms with E-state index >= 15 is 0 Å². The van der Waals surface area contributed by atoms with Crippen molar-refractivity contribution in [3.63, 3.8) is 0 Å². The first-order valence-electron chi connectivity index (χ1n) is 13.4. The maximum absolute atomic E-state index is 6.73. The third-order valence-corrected chi connectivity index (χ3v) is 8.31. The number of hydrogen-bond acceptors (Lipinski definition) is 3. The topological polar surface area (TPSA) is 39.9 Å². The first kappa shape index (κ1) is 23.1. The van der Waals surface area contributed by atoms with Gasteiger partial charge >= 0.3 is 0 Å². The molecule has 4 heteroatoms. The van der Waals surface area contributed by atoms with E-state index in [2.05, 4.69) is 72.5 Å². The molecule has 2 aliphatic carbocycles. The van der Waals surface area contributed by atoms with Crippen LogP contribution in [0.3, 0.4) is 0 Å². The van der Waals surface area contributed by atoms with Crippen LogP contribution in [0.1, 0.15) is 82.4 Å². The average molecular weight is 458 g/mol. The Kier molecular flexibility index (Phi) is 7.32. The van der Waals surface area contributed by atoms with E-state index in [-0.39, 0.29) is 6.10 Å². The molecule has 0 radical (unpaired) electrons. The molecule has 0 spiro atoms. The van der Waals surface area contributed by atoms with Gasteiger partial charge in [-0.15, -0.1) is 0 Å². The molecule has 1 saturated carbocycles. The third-order valence-electron chi connectivity index (χ3n) is 8.31. The van der Waals surface area contributed by atoms with E-state index in [1.165, 1.54) is 62.5 Å². The van der Waals surface area contributed by atoms with Gasteiger partial charge in [0.2, 0.25) is 0 Å². The molecule has 2 aliphatic rings. The van der Waals surface area contributed by atoms with E-state index < -0.39 is 0 Å². The van der Waals surface area contributed by atoms with Crippen LogP contribution < -0.4 is 4.74 Å². The maximum atomic E-state index is 6.73. The number of nitrogens with zero attached hydrogens (tertiary/aromatic N) is 3. The highest BCUT2D eigenvalue weighted by Gasteiger charge is 2.36. The molecule has 5 rings (SSSR count). The summed E-state index contributed by atoms with van der Waals surface area (Å²) in [6.07, 6.45) is 15.6. The van der Waals surface area contributed by atoms with Crippen molar-refractivity contribution in [2.75, 3.05) is 0 Å². The Bertz CT molecular complexity index is 1030. The van der Waals surface area contributed by atoms with Crippen molar-refractivity contribution in [1.29, 1.82) is 0 Å². The predicted octanol–water partition coefficient (Wildman–Crippen LogP) is 7.58. The summed E-state index contributed by atoms with van der Waals surface area (Å²) >= 11 is 0. The van der Waals surface area contributed by atoms with Gasteiger partial charge < -0.3 is 4.74 Å². The summed E-state index contributed by atoms with van der Waals surface area (Å²) in [5.74, 6) is 4.08. The second kappa shape index (κ2) is 10.8. The van der Waals surface area contributed by atoms with Crippen molar-refractivity contribution >= 4 is 0 Å². The van der Waals surface area contributed by atoms with E-state index in [9.17, 15) is 0 Å². The second-order valence-electron chi connectivity index (χ2n) is 10.7. The van der Waals surface area contributed by atoms with Gasteiger partial charge in [0, 0.05) is 5.92 Å². The van der Waals surface area contributed by atoms with Crippen molar-refractivity contribution in [3.05, 3.63) is 72.3 Å². The van der Waals surface area contributed by atoms with Crippen molar-refractivity contribution < 1.29 is 4.74 Å². The van der Waals surface area contributed by atoms with Gasteiger partial charge in [-0.25, -0.2) is 9.67 Å². The minimum Gasteiger partial charge on any atom is -0.485 e. The van der Waals surface area contributed by atoms with Gasteiger partial charge in [-0.3, -0.25) is 0 Å². The van der Waals surface area contributed by atoms with E-state index in [1.807, 2.05) is 0 Å². The fourth-order valence-electron chi connectivity index (χ4n) is 6.53. The van der Waals surface area contributed by atoms with E-state index in [0.29, 0.717) is 5.92 Å². The average Bonchev–Trinajstić information content (AvgIpc) is 3.43. The molecule has 0 bridgehead atoms. The summed E-state index contributed by atoms with van der Waals surface area (Å²) in [4.78, 5) is 4.05. The minimum atomic E-state index is 0.142. The molecule has 1 aromatic heterocycles. The van der Waals surface area contributed by atoms with Crippen molar-refractivity contribution in [1.82, 2.24) is 14.8 Å². The van der Waals surface area contributed by atoms with E-state index in [4.69, 9.17) is 4.74 Å². The number of rotatable bonds is 8. The molecule has 3 aromatic rings. The maximum Gasteiger partial charge on any atom is 0.138 e. The number of benzene rings is 2. The number of aromatic nitrogens is 3. The van der Waals surface area contributed by atoms with Crippen LogP contribution in [0.4, 0.5) is 0 Å². The fraction of sp³-hybridized carbons (Fsp3) is 0.533. The number of hydrogen-bond donors (Lipinski definition) is 0. The van der Waals surface area contributed by atoms with Gasteiger partial charge in [-0.05, 0) is 72.4 Å². The zero-order valence-corrected chi connectivity index (χ0v) is 20.8. The summed E-state index contributed by atoms with van der Waals surface area (Å²) in [5, 5.41) is 4.23. The SMILES string of the molecule is CCCC(C)C1CCCCC(CC2Cc3ccccc3C2Oc2ccc(-n3cncn3)cc2)C1. The lowest BCUT2D eigenvalue weighted by molar-refractivity contribution is 0.123. The largest absolute Gasteiger partial charge is 0.485 e. The molecule has 0 saturated heterocycles. The van der Waals surface area contributed by atoms with Gasteiger partial charge in [0.1, 0.15) is 24.5 Å². The van der Waals surface area contributed by atoms with Gasteiger partial charge in [-0.2, -0.15) is 5.10 Å². The second-order valence-corrected chi connectivity index (χ2v) is 10.7. The van der Waals surface area contributed by atoms with E-state index in [0.717, 1.165) is 35.6 Å². The number of fused-ring (bicyclic) bond motifs is 1. The minimum absolute atomic E-state index is 0.142. The zero-order chi connectivity index (χ0) is 23.3. The normalized spacial score (nSPS) is 25.5. The highest BCUT2D eigenvalue weighted by atomic mass is 16.5. The lowest BCUT2D eigenvalue weighted by Crippen LogP contribution is -2.20. The zero-order valence-electron chi connectivity index (χ0n) is 20.8. The van der Waals surface area contributed by atoms with Crippen molar-refractivity contribution in [2.24, 2.45) is 23.7 Å². The Morgan fingerprint density at radius 1 is 1.06 bits per heavy atom. The van der Waals surface area contributed by atoms with Crippen LogP contribution in [0, 0.1) is 23.7 Å². The standard InChI is InChI=1S/C30H39N3O/c1-3-8-22(2)24-10-5-4-9-23(17-24)18-26-19-25-11-6-7-12-29(25)30(26)34-28-15-13-27(14-16-28)33-21-31-20-32-33/h6-7,11-16,20-24,26,30H,3-5,8-10,17-19H2,1-2H3. The van der Waals surface area contributed by atoms with Crippen LogP contribution in [0.25, 0.3) is 5.69 Å². The molecule has 0 aliphatic heterocycles. The van der Waals surface area contributed by atoms with Crippen LogP contribution in [-0.4, -0.2) is 14.8 Å². The molecular weight excluding hydrogens is 418 g/mol. The monoisotopic (exact) mass is 457 g/mol. The summed E-state index contributed by atoms with van der Waals surface area (Å²) in [6.45, 7) is 4.83. The Morgan fingerprint density at radius 3 is 2.68 bits per heavy atom. The molecule has 0 amide bonds. The van der Waals surface area contributed by atoms with Gasteiger partial charge in [0.25, 0.3) is 0 Å². The first-order valence-corrected chi connectivity index (χ1v) is 13.4. The first-order chi connectivity index (χ1) is 16.7. The molecule has 1 fully saturated rings. The summed E-state index contributed by atoms with van der Waals surface area (Å²) in [5.41, 5.74) is 3.86. The molecule has 2 aromatic carbocycles. The quantitative estimate of drug-likeness (QED) is 0.327. The highest BCUT2D eigenvalue weighted by molar-refractivity contribution is 5.39. The van der Waals surface area contributed by atoms with Crippen molar-refractivity contribution in [3.8, 4) is 11.4 Å². The molecule has 4 nitrogen and oxygen atoms in total.